The molecule has 1 aromatic carbocycles. The predicted molar refractivity (Wildman–Crippen MR) is 66.9 cm³/mol. The molecular weight excluding hydrogens is 232 g/mol. The monoisotopic (exact) mass is 244 g/mol. The molecule has 0 bridgehead atoms. The van der Waals surface area contributed by atoms with Gasteiger partial charge in [0.2, 0.25) is 0 Å². The van der Waals surface area contributed by atoms with Crippen LogP contribution in [0.1, 0.15) is 17.3 Å². The molecule has 2 aromatic rings. The second-order valence-electron chi connectivity index (χ2n) is 3.62. The number of carbonyl (C=O) groups excluding carboxylic acids is 1. The molecule has 92 valence electrons. The summed E-state index contributed by atoms with van der Waals surface area (Å²) in [4.78, 5) is 21.9. The first-order valence-corrected chi connectivity index (χ1v) is 5.52. The van der Waals surface area contributed by atoms with Crippen molar-refractivity contribution < 1.29 is 9.53 Å². The highest BCUT2D eigenvalue weighted by molar-refractivity contribution is 5.76. The van der Waals surface area contributed by atoms with Gasteiger partial charge in [-0.1, -0.05) is 12.1 Å². The molecule has 0 aliphatic heterocycles. The van der Waals surface area contributed by atoms with Crippen LogP contribution in [0.5, 0.6) is 5.75 Å². The molecule has 5 nitrogen and oxygen atoms in total. The number of ether oxygens (including phenoxy) is 1. The van der Waals surface area contributed by atoms with Gasteiger partial charge in [0.25, 0.3) is 5.56 Å². The van der Waals surface area contributed by atoms with Crippen molar-refractivity contribution in [3.05, 3.63) is 46.2 Å². The molecule has 0 saturated heterocycles. The molecule has 0 aliphatic carbocycles. The van der Waals surface area contributed by atoms with E-state index in [2.05, 4.69) is 10.2 Å². The summed E-state index contributed by atoms with van der Waals surface area (Å²) in [5, 5.41) is 6.20. The molecule has 1 aromatic heterocycles. The van der Waals surface area contributed by atoms with E-state index in [1.54, 1.807) is 6.07 Å². The first kappa shape index (κ1) is 12.0. The fraction of sp³-hybridized carbons (Fsp3) is 0.154. The van der Waals surface area contributed by atoms with Crippen molar-refractivity contribution in [2.24, 2.45) is 0 Å². The Kier molecular flexibility index (Phi) is 3.52. The number of H-pyrrole nitrogens is 1. The Morgan fingerprint density at radius 3 is 2.94 bits per heavy atom. The first-order valence-electron chi connectivity index (χ1n) is 5.52. The lowest BCUT2D eigenvalue weighted by Crippen LogP contribution is -2.13. The van der Waals surface area contributed by atoms with Crippen molar-refractivity contribution in [3.8, 4) is 17.0 Å². The number of carbonyl (C=O) groups is 1. The molecule has 5 heteroatoms. The number of aldehydes is 1. The van der Waals surface area contributed by atoms with E-state index >= 15 is 0 Å². The van der Waals surface area contributed by atoms with Crippen molar-refractivity contribution in [2.75, 3.05) is 6.61 Å². The number of nitrogens with zero attached hydrogens (tertiary/aromatic N) is 1. The van der Waals surface area contributed by atoms with Crippen molar-refractivity contribution in [1.29, 1.82) is 0 Å². The summed E-state index contributed by atoms with van der Waals surface area (Å²) in [7, 11) is 0. The summed E-state index contributed by atoms with van der Waals surface area (Å²) in [5.74, 6) is 0.718. The normalized spacial score (nSPS) is 10.1. The highest BCUT2D eigenvalue weighted by Crippen LogP contribution is 2.21. The van der Waals surface area contributed by atoms with E-state index in [4.69, 9.17) is 4.74 Å². The van der Waals surface area contributed by atoms with Crippen LogP contribution in [-0.2, 0) is 0 Å². The molecule has 2 rings (SSSR count). The molecule has 0 saturated carbocycles. The molecule has 0 unspecified atom stereocenters. The van der Waals surface area contributed by atoms with Gasteiger partial charge in [-0.15, -0.1) is 0 Å². The molecule has 0 fully saturated rings. The molecule has 0 aliphatic rings. The molecule has 0 radical (unpaired) electrons. The zero-order chi connectivity index (χ0) is 13.0. The molecule has 1 N–H and O–H groups in total. The maximum Gasteiger partial charge on any atom is 0.274 e. The average molecular weight is 244 g/mol. The van der Waals surface area contributed by atoms with Crippen LogP contribution in [0.2, 0.25) is 0 Å². The van der Waals surface area contributed by atoms with Crippen LogP contribution in [0.25, 0.3) is 11.3 Å². The lowest BCUT2D eigenvalue weighted by Gasteiger charge is -2.05. The van der Waals surface area contributed by atoms with E-state index in [0.717, 1.165) is 11.3 Å². The van der Waals surface area contributed by atoms with Gasteiger partial charge in [-0.3, -0.25) is 9.59 Å². The van der Waals surface area contributed by atoms with Crippen LogP contribution in [0.3, 0.4) is 0 Å². The van der Waals surface area contributed by atoms with Gasteiger partial charge in [0, 0.05) is 5.56 Å². The van der Waals surface area contributed by atoms with Gasteiger partial charge in [0.1, 0.15) is 5.75 Å². The van der Waals surface area contributed by atoms with E-state index in [0.29, 0.717) is 18.6 Å². The number of hydrogen-bond donors (Lipinski definition) is 1. The topological polar surface area (TPSA) is 72.1 Å². The number of hydrogen-bond acceptors (Lipinski definition) is 4. The van der Waals surface area contributed by atoms with Crippen LogP contribution in [-0.4, -0.2) is 23.1 Å². The number of rotatable bonds is 4. The van der Waals surface area contributed by atoms with E-state index in [1.807, 2.05) is 25.1 Å². The van der Waals surface area contributed by atoms with Gasteiger partial charge in [-0.05, 0) is 25.1 Å². The zero-order valence-electron chi connectivity index (χ0n) is 9.84. The summed E-state index contributed by atoms with van der Waals surface area (Å²) >= 11 is 0. The summed E-state index contributed by atoms with van der Waals surface area (Å²) in [6, 6.07) is 8.75. The van der Waals surface area contributed by atoms with Crippen molar-refractivity contribution in [2.45, 2.75) is 6.92 Å². The molecule has 0 atom stereocenters. The SMILES string of the molecule is CCOc1cccc(-c2cc(C=O)c(=O)[nH]n2)c1. The molecule has 0 amide bonds. The van der Waals surface area contributed by atoms with E-state index < -0.39 is 5.56 Å². The average Bonchev–Trinajstić information content (AvgIpc) is 2.40. The Morgan fingerprint density at radius 2 is 2.22 bits per heavy atom. The maximum absolute atomic E-state index is 11.2. The minimum atomic E-state index is -0.491. The van der Waals surface area contributed by atoms with Crippen molar-refractivity contribution >= 4 is 6.29 Å². The van der Waals surface area contributed by atoms with E-state index in [1.165, 1.54) is 6.07 Å². The minimum Gasteiger partial charge on any atom is -0.494 e. The highest BCUT2D eigenvalue weighted by Gasteiger charge is 2.05. The third-order valence-corrected chi connectivity index (χ3v) is 2.40. The largest absolute Gasteiger partial charge is 0.494 e. The van der Waals surface area contributed by atoms with Crippen LogP contribution >= 0.6 is 0 Å². The molecule has 0 spiro atoms. The first-order chi connectivity index (χ1) is 8.74. The lowest BCUT2D eigenvalue weighted by molar-refractivity contribution is 0.112. The van der Waals surface area contributed by atoms with Crippen LogP contribution < -0.4 is 10.3 Å². The Hall–Kier alpha value is -2.43. The number of nitrogens with one attached hydrogen (secondary N) is 1. The van der Waals surface area contributed by atoms with Crippen LogP contribution in [0.4, 0.5) is 0 Å². The fourth-order valence-electron chi connectivity index (χ4n) is 1.57. The van der Waals surface area contributed by atoms with Gasteiger partial charge >= 0.3 is 0 Å². The van der Waals surface area contributed by atoms with Gasteiger partial charge in [0.05, 0.1) is 17.9 Å². The second-order valence-corrected chi connectivity index (χ2v) is 3.62. The molecule has 1 heterocycles. The number of aromatic nitrogens is 2. The highest BCUT2D eigenvalue weighted by atomic mass is 16.5. The standard InChI is InChI=1S/C13H12N2O3/c1-2-18-11-5-3-4-9(6-11)12-7-10(8-16)13(17)15-14-12/h3-8H,2H2,1H3,(H,15,17). The molecule has 18 heavy (non-hydrogen) atoms. The smallest absolute Gasteiger partial charge is 0.274 e. The van der Waals surface area contributed by atoms with Crippen LogP contribution in [0, 0.1) is 0 Å². The summed E-state index contributed by atoms with van der Waals surface area (Å²) in [6.45, 7) is 2.47. The van der Waals surface area contributed by atoms with Gasteiger partial charge in [0.15, 0.2) is 6.29 Å². The Bertz CT molecular complexity index is 620. The Morgan fingerprint density at radius 1 is 1.39 bits per heavy atom. The predicted octanol–water partition coefficient (Wildman–Crippen LogP) is 1.65. The van der Waals surface area contributed by atoms with E-state index in [-0.39, 0.29) is 5.56 Å². The van der Waals surface area contributed by atoms with Crippen LogP contribution in [0.15, 0.2) is 35.1 Å². The third kappa shape index (κ3) is 2.45. The maximum atomic E-state index is 11.2. The fourth-order valence-corrected chi connectivity index (χ4v) is 1.57. The van der Waals surface area contributed by atoms with Gasteiger partial charge in [-0.25, -0.2) is 5.10 Å². The zero-order valence-corrected chi connectivity index (χ0v) is 9.84. The Labute approximate surface area is 103 Å². The summed E-state index contributed by atoms with van der Waals surface area (Å²) in [6.07, 6.45) is 0.510. The minimum absolute atomic E-state index is 0.0572. The summed E-state index contributed by atoms with van der Waals surface area (Å²) in [5.41, 5.74) is 0.870. The van der Waals surface area contributed by atoms with Gasteiger partial charge in [-0.2, -0.15) is 5.10 Å². The third-order valence-electron chi connectivity index (χ3n) is 2.40. The summed E-state index contributed by atoms with van der Waals surface area (Å²) < 4.78 is 5.38. The number of benzene rings is 1. The molecular formula is C13H12N2O3. The van der Waals surface area contributed by atoms with E-state index in [9.17, 15) is 9.59 Å². The second kappa shape index (κ2) is 5.27. The lowest BCUT2D eigenvalue weighted by atomic mass is 10.1. The van der Waals surface area contributed by atoms with Crippen molar-refractivity contribution in [3.63, 3.8) is 0 Å². The van der Waals surface area contributed by atoms with Crippen molar-refractivity contribution in [1.82, 2.24) is 10.2 Å². The van der Waals surface area contributed by atoms with Gasteiger partial charge < -0.3 is 4.74 Å². The quantitative estimate of drug-likeness (QED) is 0.830. The number of aromatic amines is 1. The Balaban J connectivity index is 2.45.